The van der Waals surface area contributed by atoms with Gasteiger partial charge in [-0.25, -0.2) is 0 Å². The summed E-state index contributed by atoms with van der Waals surface area (Å²) in [4.78, 5) is 4.06. The molecule has 0 bridgehead atoms. The monoisotopic (exact) mass is 217 g/mol. The van der Waals surface area contributed by atoms with Crippen molar-refractivity contribution in [2.45, 2.75) is 13.3 Å². The van der Waals surface area contributed by atoms with Gasteiger partial charge >= 0.3 is 0 Å². The lowest BCUT2D eigenvalue weighted by atomic mass is 10.4. The van der Waals surface area contributed by atoms with Gasteiger partial charge in [-0.2, -0.15) is 0 Å². The van der Waals surface area contributed by atoms with Gasteiger partial charge in [0.05, 0.1) is 13.2 Å². The SMILES string of the molecule is CCNC(=NC)NCCCOCCOC. The van der Waals surface area contributed by atoms with Gasteiger partial charge in [0, 0.05) is 33.9 Å². The molecule has 15 heavy (non-hydrogen) atoms. The molecule has 0 aromatic rings. The maximum Gasteiger partial charge on any atom is 0.190 e. The minimum absolute atomic E-state index is 0.659. The maximum atomic E-state index is 5.32. The second kappa shape index (κ2) is 11.3. The van der Waals surface area contributed by atoms with Crippen LogP contribution in [0.4, 0.5) is 0 Å². The first-order chi connectivity index (χ1) is 7.35. The largest absolute Gasteiger partial charge is 0.382 e. The predicted molar refractivity (Wildman–Crippen MR) is 62.4 cm³/mol. The molecule has 0 unspecified atom stereocenters. The van der Waals surface area contributed by atoms with E-state index in [0.717, 1.165) is 32.1 Å². The van der Waals surface area contributed by atoms with E-state index in [9.17, 15) is 0 Å². The summed E-state index contributed by atoms with van der Waals surface area (Å²) in [5, 5.41) is 6.31. The number of nitrogens with one attached hydrogen (secondary N) is 2. The fourth-order valence-electron chi connectivity index (χ4n) is 1.01. The predicted octanol–water partition coefficient (Wildman–Crippen LogP) is 0.224. The molecule has 0 saturated heterocycles. The molecule has 5 heteroatoms. The zero-order valence-electron chi connectivity index (χ0n) is 10.0. The Morgan fingerprint density at radius 1 is 1.20 bits per heavy atom. The van der Waals surface area contributed by atoms with Crippen LogP contribution in [0.25, 0.3) is 0 Å². The second-order valence-corrected chi connectivity index (χ2v) is 2.99. The maximum absolute atomic E-state index is 5.32. The summed E-state index contributed by atoms with van der Waals surface area (Å²) in [6.07, 6.45) is 0.966. The van der Waals surface area contributed by atoms with Crippen molar-refractivity contribution in [1.29, 1.82) is 0 Å². The molecule has 0 saturated carbocycles. The van der Waals surface area contributed by atoms with Crippen molar-refractivity contribution in [3.05, 3.63) is 0 Å². The van der Waals surface area contributed by atoms with Gasteiger partial charge < -0.3 is 20.1 Å². The lowest BCUT2D eigenvalue weighted by Crippen LogP contribution is -2.37. The highest BCUT2D eigenvalue weighted by Gasteiger charge is 1.93. The van der Waals surface area contributed by atoms with Gasteiger partial charge in [-0.05, 0) is 13.3 Å². The van der Waals surface area contributed by atoms with E-state index in [0.29, 0.717) is 13.2 Å². The molecule has 0 aliphatic carbocycles. The van der Waals surface area contributed by atoms with Gasteiger partial charge in [0.25, 0.3) is 0 Å². The molecular weight excluding hydrogens is 194 g/mol. The van der Waals surface area contributed by atoms with Crippen LogP contribution < -0.4 is 10.6 Å². The highest BCUT2D eigenvalue weighted by atomic mass is 16.5. The van der Waals surface area contributed by atoms with Crippen LogP contribution in [0, 0.1) is 0 Å². The Hall–Kier alpha value is -0.810. The molecule has 0 aromatic heterocycles. The van der Waals surface area contributed by atoms with E-state index < -0.39 is 0 Å². The van der Waals surface area contributed by atoms with Gasteiger partial charge in [-0.3, -0.25) is 4.99 Å². The van der Waals surface area contributed by atoms with E-state index in [2.05, 4.69) is 15.6 Å². The quantitative estimate of drug-likeness (QED) is 0.347. The Morgan fingerprint density at radius 3 is 2.60 bits per heavy atom. The number of nitrogens with zero attached hydrogens (tertiary/aromatic N) is 1. The molecule has 0 atom stereocenters. The number of hydrogen-bond acceptors (Lipinski definition) is 3. The van der Waals surface area contributed by atoms with E-state index in [1.54, 1.807) is 14.2 Å². The Morgan fingerprint density at radius 2 is 2.00 bits per heavy atom. The third kappa shape index (κ3) is 9.49. The Labute approximate surface area is 92.2 Å². The van der Waals surface area contributed by atoms with Crippen molar-refractivity contribution in [1.82, 2.24) is 10.6 Å². The Kier molecular flexibility index (Phi) is 10.7. The van der Waals surface area contributed by atoms with Crippen molar-refractivity contribution in [3.63, 3.8) is 0 Å². The van der Waals surface area contributed by atoms with Crippen LogP contribution >= 0.6 is 0 Å². The molecule has 2 N–H and O–H groups in total. The van der Waals surface area contributed by atoms with Crippen molar-refractivity contribution >= 4 is 5.96 Å². The molecule has 0 fully saturated rings. The van der Waals surface area contributed by atoms with Gasteiger partial charge in [-0.1, -0.05) is 0 Å². The van der Waals surface area contributed by atoms with Crippen LogP contribution in [0.2, 0.25) is 0 Å². The molecule has 0 amide bonds. The third-order valence-electron chi connectivity index (χ3n) is 1.76. The van der Waals surface area contributed by atoms with E-state index in [1.807, 2.05) is 6.92 Å². The lowest BCUT2D eigenvalue weighted by molar-refractivity contribution is 0.0698. The molecule has 0 aliphatic rings. The Bertz CT molecular complexity index is 163. The Balaban J connectivity index is 3.22. The molecule has 0 spiro atoms. The average molecular weight is 217 g/mol. The summed E-state index contributed by atoms with van der Waals surface area (Å²) in [6.45, 7) is 5.86. The van der Waals surface area contributed by atoms with Crippen LogP contribution in [-0.2, 0) is 9.47 Å². The van der Waals surface area contributed by atoms with E-state index in [4.69, 9.17) is 9.47 Å². The summed E-state index contributed by atoms with van der Waals surface area (Å²) >= 11 is 0. The minimum atomic E-state index is 0.659. The molecule has 90 valence electrons. The van der Waals surface area contributed by atoms with Crippen molar-refractivity contribution < 1.29 is 9.47 Å². The lowest BCUT2D eigenvalue weighted by Gasteiger charge is -2.10. The van der Waals surface area contributed by atoms with Crippen molar-refractivity contribution in [3.8, 4) is 0 Å². The zero-order chi connectivity index (χ0) is 11.4. The summed E-state index contributed by atoms with van der Waals surface area (Å²) in [5.41, 5.74) is 0. The molecule has 0 heterocycles. The van der Waals surface area contributed by atoms with Gasteiger partial charge in [0.15, 0.2) is 5.96 Å². The van der Waals surface area contributed by atoms with Crippen molar-refractivity contribution in [2.75, 3.05) is 47.1 Å². The van der Waals surface area contributed by atoms with Crippen LogP contribution in [0.5, 0.6) is 0 Å². The topological polar surface area (TPSA) is 54.9 Å². The summed E-state index contributed by atoms with van der Waals surface area (Å²) in [6, 6.07) is 0. The number of methoxy groups -OCH3 is 1. The van der Waals surface area contributed by atoms with Crippen molar-refractivity contribution in [2.24, 2.45) is 4.99 Å². The average Bonchev–Trinajstić information content (AvgIpc) is 2.26. The van der Waals surface area contributed by atoms with E-state index in [-0.39, 0.29) is 0 Å². The molecule has 0 rings (SSSR count). The van der Waals surface area contributed by atoms with Gasteiger partial charge in [0.1, 0.15) is 0 Å². The first-order valence-electron chi connectivity index (χ1n) is 5.36. The van der Waals surface area contributed by atoms with Gasteiger partial charge in [0.2, 0.25) is 0 Å². The zero-order valence-corrected chi connectivity index (χ0v) is 10.0. The molecule has 0 aromatic carbocycles. The molecular formula is C10H23N3O2. The fourth-order valence-corrected chi connectivity index (χ4v) is 1.01. The van der Waals surface area contributed by atoms with Crippen LogP contribution in [-0.4, -0.2) is 53.0 Å². The van der Waals surface area contributed by atoms with E-state index >= 15 is 0 Å². The smallest absolute Gasteiger partial charge is 0.190 e. The summed E-state index contributed by atoms with van der Waals surface area (Å²) < 4.78 is 10.2. The standard InChI is InChI=1S/C10H23N3O2/c1-4-12-10(11-2)13-6-5-7-15-9-8-14-3/h4-9H2,1-3H3,(H2,11,12,13). The number of ether oxygens (including phenoxy) is 2. The summed E-state index contributed by atoms with van der Waals surface area (Å²) in [7, 11) is 3.44. The minimum Gasteiger partial charge on any atom is -0.382 e. The first kappa shape index (κ1) is 14.2. The van der Waals surface area contributed by atoms with Crippen LogP contribution in [0.1, 0.15) is 13.3 Å². The highest BCUT2D eigenvalue weighted by molar-refractivity contribution is 5.79. The fraction of sp³-hybridized carbons (Fsp3) is 0.900. The van der Waals surface area contributed by atoms with Gasteiger partial charge in [-0.15, -0.1) is 0 Å². The summed E-state index contributed by atoms with van der Waals surface area (Å²) in [5.74, 6) is 0.842. The number of rotatable bonds is 8. The molecule has 0 radical (unpaired) electrons. The number of aliphatic imine (C=N–C) groups is 1. The normalized spacial score (nSPS) is 11.5. The van der Waals surface area contributed by atoms with Crippen LogP contribution in [0.15, 0.2) is 4.99 Å². The second-order valence-electron chi connectivity index (χ2n) is 2.99. The highest BCUT2D eigenvalue weighted by Crippen LogP contribution is 1.81. The first-order valence-corrected chi connectivity index (χ1v) is 5.36. The van der Waals surface area contributed by atoms with Crippen LogP contribution in [0.3, 0.4) is 0 Å². The molecule has 5 nitrogen and oxygen atoms in total. The third-order valence-corrected chi connectivity index (χ3v) is 1.76. The number of hydrogen-bond donors (Lipinski definition) is 2. The number of guanidine groups is 1. The molecule has 0 aliphatic heterocycles. The van der Waals surface area contributed by atoms with E-state index in [1.165, 1.54) is 0 Å².